The Morgan fingerprint density at radius 2 is 1.78 bits per heavy atom. The van der Waals surface area contributed by atoms with Gasteiger partial charge < -0.3 is 11.1 Å². The highest BCUT2D eigenvalue weighted by molar-refractivity contribution is 7.89. The summed E-state index contributed by atoms with van der Waals surface area (Å²) in [6, 6.07) is 11.4. The van der Waals surface area contributed by atoms with Gasteiger partial charge in [0.1, 0.15) is 22.6 Å². The molecule has 1 aromatic heterocycles. The highest BCUT2D eigenvalue weighted by Gasteiger charge is 2.31. The number of para-hydroxylation sites is 1. The standard InChI is InChI=1S/C24H28Cl2N6O3S/c1-15(2)22(23(27)33)30-24-17-5-3-4-6-19(17)28-21(29-24)14-31-9-11-32(12-10-31)36(34,35)20-13-16(25)7-8-18(20)26/h3-8,13,15,22H,9-12,14H2,1-2H3,(H2,27,33)(H,28,29,30)/t22-/m0/s1. The number of aromatic nitrogens is 2. The van der Waals surface area contributed by atoms with Crippen molar-refractivity contribution in [3.8, 4) is 0 Å². The van der Waals surface area contributed by atoms with Gasteiger partial charge in [-0.2, -0.15) is 4.31 Å². The summed E-state index contributed by atoms with van der Waals surface area (Å²) in [5.74, 6) is 0.636. The smallest absolute Gasteiger partial charge is 0.244 e. The van der Waals surface area contributed by atoms with E-state index in [-0.39, 0.29) is 15.8 Å². The van der Waals surface area contributed by atoms with Gasteiger partial charge in [-0.05, 0) is 36.2 Å². The summed E-state index contributed by atoms with van der Waals surface area (Å²) in [4.78, 5) is 23.5. The first kappa shape index (κ1) is 26.6. The van der Waals surface area contributed by atoms with Crippen molar-refractivity contribution in [1.82, 2.24) is 19.2 Å². The summed E-state index contributed by atoms with van der Waals surface area (Å²) in [6.07, 6.45) is 0. The number of sulfonamides is 1. The van der Waals surface area contributed by atoms with Crippen molar-refractivity contribution >= 4 is 55.9 Å². The number of carbonyl (C=O) groups excluding carboxylic acids is 1. The second kappa shape index (κ2) is 10.9. The first-order valence-electron chi connectivity index (χ1n) is 11.6. The molecule has 0 spiro atoms. The van der Waals surface area contributed by atoms with Crippen LogP contribution in [0, 0.1) is 5.92 Å². The number of amides is 1. The largest absolute Gasteiger partial charge is 0.368 e. The van der Waals surface area contributed by atoms with Crippen LogP contribution in [0.2, 0.25) is 10.0 Å². The highest BCUT2D eigenvalue weighted by atomic mass is 35.5. The van der Waals surface area contributed by atoms with Gasteiger partial charge in [0.2, 0.25) is 15.9 Å². The van der Waals surface area contributed by atoms with E-state index in [4.69, 9.17) is 38.9 Å². The van der Waals surface area contributed by atoms with E-state index in [9.17, 15) is 13.2 Å². The Balaban J connectivity index is 1.51. The summed E-state index contributed by atoms with van der Waals surface area (Å²) >= 11 is 12.1. The minimum absolute atomic E-state index is 0.00727. The number of benzene rings is 2. The number of fused-ring (bicyclic) bond motifs is 1. The lowest BCUT2D eigenvalue weighted by Gasteiger charge is -2.33. The molecule has 9 nitrogen and oxygen atoms in total. The monoisotopic (exact) mass is 550 g/mol. The summed E-state index contributed by atoms with van der Waals surface area (Å²) in [7, 11) is -3.77. The SMILES string of the molecule is CC(C)[C@H](Nc1nc(CN2CCN(S(=O)(=O)c3cc(Cl)ccc3Cl)CC2)nc2ccccc12)C(N)=O. The molecule has 1 fully saturated rings. The third-order valence-electron chi connectivity index (χ3n) is 6.12. The predicted molar refractivity (Wildman–Crippen MR) is 141 cm³/mol. The van der Waals surface area contributed by atoms with Crippen molar-refractivity contribution in [1.29, 1.82) is 0 Å². The Kier molecular flexibility index (Phi) is 8.01. The van der Waals surface area contributed by atoms with Crippen LogP contribution in [0.5, 0.6) is 0 Å². The summed E-state index contributed by atoms with van der Waals surface area (Å²) in [6.45, 7) is 5.82. The van der Waals surface area contributed by atoms with E-state index in [1.165, 1.54) is 16.4 Å². The van der Waals surface area contributed by atoms with Gasteiger partial charge in [0.05, 0.1) is 17.1 Å². The molecule has 2 heterocycles. The van der Waals surface area contributed by atoms with Gasteiger partial charge in [-0.3, -0.25) is 9.69 Å². The number of hydrogen-bond acceptors (Lipinski definition) is 7. The molecule has 2 aromatic carbocycles. The molecular formula is C24H28Cl2N6O3S. The van der Waals surface area contributed by atoms with Crippen LogP contribution in [-0.4, -0.2) is 65.7 Å². The van der Waals surface area contributed by atoms with Crippen LogP contribution in [0.4, 0.5) is 5.82 Å². The molecule has 1 amide bonds. The van der Waals surface area contributed by atoms with Crippen LogP contribution < -0.4 is 11.1 Å². The van der Waals surface area contributed by atoms with E-state index in [1.54, 1.807) is 6.07 Å². The average molecular weight is 552 g/mol. The minimum Gasteiger partial charge on any atom is -0.368 e. The predicted octanol–water partition coefficient (Wildman–Crippen LogP) is 3.36. The fraction of sp³-hybridized carbons (Fsp3) is 0.375. The molecule has 3 aromatic rings. The van der Waals surface area contributed by atoms with Crippen molar-refractivity contribution in [2.24, 2.45) is 11.7 Å². The van der Waals surface area contributed by atoms with Crippen molar-refractivity contribution in [2.75, 3.05) is 31.5 Å². The Morgan fingerprint density at radius 1 is 1.08 bits per heavy atom. The summed E-state index contributed by atoms with van der Waals surface area (Å²) in [5, 5.41) is 4.44. The van der Waals surface area contributed by atoms with E-state index < -0.39 is 22.0 Å². The van der Waals surface area contributed by atoms with Crippen LogP contribution in [0.15, 0.2) is 47.4 Å². The van der Waals surface area contributed by atoms with Crippen LogP contribution in [-0.2, 0) is 21.4 Å². The number of nitrogens with two attached hydrogens (primary N) is 1. The molecule has 1 aliphatic heterocycles. The van der Waals surface area contributed by atoms with E-state index in [1.807, 2.05) is 38.1 Å². The molecule has 192 valence electrons. The molecular weight excluding hydrogens is 523 g/mol. The number of nitrogens with zero attached hydrogens (tertiary/aromatic N) is 4. The fourth-order valence-corrected chi connectivity index (χ4v) is 6.32. The van der Waals surface area contributed by atoms with Gasteiger partial charge in [-0.25, -0.2) is 18.4 Å². The number of rotatable bonds is 8. The molecule has 3 N–H and O–H groups in total. The number of halogens is 2. The molecule has 36 heavy (non-hydrogen) atoms. The number of hydrogen-bond donors (Lipinski definition) is 2. The van der Waals surface area contributed by atoms with Gasteiger partial charge in [-0.15, -0.1) is 0 Å². The molecule has 4 rings (SSSR count). The summed E-state index contributed by atoms with van der Waals surface area (Å²) < 4.78 is 27.7. The lowest BCUT2D eigenvalue weighted by Crippen LogP contribution is -2.48. The zero-order valence-electron chi connectivity index (χ0n) is 20.0. The van der Waals surface area contributed by atoms with Crippen LogP contribution in [0.3, 0.4) is 0 Å². The molecule has 1 atom stereocenters. The van der Waals surface area contributed by atoms with Crippen molar-refractivity contribution in [3.63, 3.8) is 0 Å². The highest BCUT2D eigenvalue weighted by Crippen LogP contribution is 2.29. The van der Waals surface area contributed by atoms with Gasteiger partial charge in [-0.1, -0.05) is 49.2 Å². The maximum Gasteiger partial charge on any atom is 0.244 e. The molecule has 0 aliphatic carbocycles. The van der Waals surface area contributed by atoms with E-state index in [2.05, 4.69) is 10.2 Å². The lowest BCUT2D eigenvalue weighted by atomic mass is 10.0. The van der Waals surface area contributed by atoms with Crippen molar-refractivity contribution in [2.45, 2.75) is 31.3 Å². The Labute approximate surface area is 220 Å². The first-order valence-corrected chi connectivity index (χ1v) is 13.7. The molecule has 0 saturated carbocycles. The normalized spacial score (nSPS) is 16.4. The number of piperazine rings is 1. The summed E-state index contributed by atoms with van der Waals surface area (Å²) in [5.41, 5.74) is 6.35. The second-order valence-electron chi connectivity index (χ2n) is 9.03. The van der Waals surface area contributed by atoms with Crippen molar-refractivity contribution in [3.05, 3.63) is 58.3 Å². The van der Waals surface area contributed by atoms with Crippen LogP contribution >= 0.6 is 23.2 Å². The Bertz CT molecular complexity index is 1380. The third kappa shape index (κ3) is 5.73. The zero-order chi connectivity index (χ0) is 26.0. The van der Waals surface area contributed by atoms with Gasteiger partial charge in [0.25, 0.3) is 0 Å². The Morgan fingerprint density at radius 3 is 2.44 bits per heavy atom. The second-order valence-corrected chi connectivity index (χ2v) is 11.8. The number of primary amides is 1. The lowest BCUT2D eigenvalue weighted by molar-refractivity contribution is -0.119. The van der Waals surface area contributed by atoms with Crippen LogP contribution in [0.1, 0.15) is 19.7 Å². The maximum absolute atomic E-state index is 13.1. The Hall–Kier alpha value is -2.50. The maximum atomic E-state index is 13.1. The van der Waals surface area contributed by atoms with Gasteiger partial charge in [0.15, 0.2) is 0 Å². The first-order chi connectivity index (χ1) is 17.1. The average Bonchev–Trinajstić information content (AvgIpc) is 2.83. The van der Waals surface area contributed by atoms with E-state index in [0.29, 0.717) is 49.4 Å². The number of anilines is 1. The topological polar surface area (TPSA) is 122 Å². The van der Waals surface area contributed by atoms with Gasteiger partial charge >= 0.3 is 0 Å². The minimum atomic E-state index is -3.77. The number of nitrogens with one attached hydrogen (secondary N) is 1. The zero-order valence-corrected chi connectivity index (χ0v) is 22.3. The van der Waals surface area contributed by atoms with Gasteiger partial charge in [0, 0.05) is 36.6 Å². The molecule has 0 bridgehead atoms. The molecule has 0 unspecified atom stereocenters. The molecule has 1 saturated heterocycles. The van der Waals surface area contributed by atoms with Crippen LogP contribution in [0.25, 0.3) is 10.9 Å². The van der Waals surface area contributed by atoms with Crippen molar-refractivity contribution < 1.29 is 13.2 Å². The quantitative estimate of drug-likeness (QED) is 0.440. The molecule has 1 aliphatic rings. The molecule has 12 heteroatoms. The molecule has 0 radical (unpaired) electrons. The third-order valence-corrected chi connectivity index (χ3v) is 8.74. The van der Waals surface area contributed by atoms with E-state index in [0.717, 1.165) is 10.9 Å². The fourth-order valence-electron chi connectivity index (χ4n) is 4.16. The van der Waals surface area contributed by atoms with E-state index >= 15 is 0 Å². The number of carbonyl (C=O) groups is 1.